The van der Waals surface area contributed by atoms with Gasteiger partial charge in [-0.05, 0) is 42.8 Å². The summed E-state index contributed by atoms with van der Waals surface area (Å²) < 4.78 is 6.85. The third kappa shape index (κ3) is 3.20. The highest BCUT2D eigenvalue weighted by molar-refractivity contribution is 9.10. The molecule has 0 aliphatic rings. The third-order valence-electron chi connectivity index (χ3n) is 3.44. The first-order chi connectivity index (χ1) is 10.6. The fourth-order valence-corrected chi connectivity index (χ4v) is 2.42. The lowest BCUT2D eigenvalue weighted by Crippen LogP contribution is -2.16. The molecule has 4 nitrogen and oxygen atoms in total. The van der Waals surface area contributed by atoms with Gasteiger partial charge in [-0.1, -0.05) is 34.1 Å². The van der Waals surface area contributed by atoms with Crippen molar-refractivity contribution in [3.05, 3.63) is 64.5 Å². The van der Waals surface area contributed by atoms with E-state index in [1.807, 2.05) is 43.4 Å². The molecule has 5 heteroatoms. The SMILES string of the molecule is Cc1cc(N(C)Cc2nnc(-c3ccccc3)o2)ccc1Br. The minimum Gasteiger partial charge on any atom is -0.419 e. The third-order valence-corrected chi connectivity index (χ3v) is 4.33. The zero-order chi connectivity index (χ0) is 15.5. The van der Waals surface area contributed by atoms with E-state index in [-0.39, 0.29) is 0 Å². The number of rotatable bonds is 4. The van der Waals surface area contributed by atoms with Gasteiger partial charge in [0.15, 0.2) is 0 Å². The van der Waals surface area contributed by atoms with Gasteiger partial charge >= 0.3 is 0 Å². The van der Waals surface area contributed by atoms with Crippen LogP contribution in [0.1, 0.15) is 11.5 Å². The van der Waals surface area contributed by atoms with Gasteiger partial charge in [0.2, 0.25) is 11.8 Å². The molecule has 0 amide bonds. The summed E-state index contributed by atoms with van der Waals surface area (Å²) in [6, 6.07) is 16.0. The Labute approximate surface area is 137 Å². The molecule has 1 heterocycles. The minimum absolute atomic E-state index is 0.552. The number of halogens is 1. The molecule has 22 heavy (non-hydrogen) atoms. The monoisotopic (exact) mass is 357 g/mol. The zero-order valence-corrected chi connectivity index (χ0v) is 14.0. The Morgan fingerprint density at radius 1 is 1.09 bits per heavy atom. The quantitative estimate of drug-likeness (QED) is 0.691. The van der Waals surface area contributed by atoms with Crippen molar-refractivity contribution < 1.29 is 4.42 Å². The standard InChI is InChI=1S/C17H16BrN3O/c1-12-10-14(8-9-15(12)18)21(2)11-16-19-20-17(22-16)13-6-4-3-5-7-13/h3-10H,11H2,1-2H3. The Morgan fingerprint density at radius 3 is 2.59 bits per heavy atom. The summed E-state index contributed by atoms with van der Waals surface area (Å²) in [4.78, 5) is 2.09. The molecule has 0 fully saturated rings. The molecule has 3 aromatic rings. The van der Waals surface area contributed by atoms with Crippen molar-refractivity contribution >= 4 is 21.6 Å². The molecule has 0 aliphatic carbocycles. The summed E-state index contributed by atoms with van der Waals surface area (Å²) in [7, 11) is 2.01. The second-order valence-electron chi connectivity index (χ2n) is 5.16. The highest BCUT2D eigenvalue weighted by Gasteiger charge is 2.11. The van der Waals surface area contributed by atoms with Crippen LogP contribution in [0.2, 0.25) is 0 Å². The van der Waals surface area contributed by atoms with E-state index in [1.165, 1.54) is 5.56 Å². The fraction of sp³-hybridized carbons (Fsp3) is 0.176. The Bertz CT molecular complexity index is 771. The number of aromatic nitrogens is 2. The van der Waals surface area contributed by atoms with Crippen LogP contribution in [0.5, 0.6) is 0 Å². The van der Waals surface area contributed by atoms with E-state index in [0.717, 1.165) is 15.7 Å². The number of aryl methyl sites for hydroxylation is 1. The molecule has 0 bridgehead atoms. The van der Waals surface area contributed by atoms with Gasteiger partial charge in [-0.25, -0.2) is 0 Å². The molecule has 0 radical (unpaired) electrons. The molecule has 3 rings (SSSR count). The molecule has 0 N–H and O–H groups in total. The number of nitrogens with zero attached hydrogens (tertiary/aromatic N) is 3. The van der Waals surface area contributed by atoms with Gasteiger partial charge in [0.05, 0.1) is 6.54 Å². The maximum Gasteiger partial charge on any atom is 0.247 e. The lowest BCUT2D eigenvalue weighted by Gasteiger charge is -2.17. The number of hydrogen-bond donors (Lipinski definition) is 0. The van der Waals surface area contributed by atoms with Crippen LogP contribution in [0.15, 0.2) is 57.4 Å². The Morgan fingerprint density at radius 2 is 1.86 bits per heavy atom. The van der Waals surface area contributed by atoms with Gasteiger partial charge in [0, 0.05) is 22.8 Å². The van der Waals surface area contributed by atoms with Crippen molar-refractivity contribution in [1.29, 1.82) is 0 Å². The van der Waals surface area contributed by atoms with E-state index in [4.69, 9.17) is 4.42 Å². The van der Waals surface area contributed by atoms with Crippen molar-refractivity contribution in [1.82, 2.24) is 10.2 Å². The second kappa shape index (κ2) is 6.32. The summed E-state index contributed by atoms with van der Waals surface area (Å²) in [6.45, 7) is 2.64. The zero-order valence-electron chi connectivity index (χ0n) is 12.5. The van der Waals surface area contributed by atoms with Gasteiger partial charge in [-0.3, -0.25) is 0 Å². The number of benzene rings is 2. The predicted octanol–water partition coefficient (Wildman–Crippen LogP) is 4.44. The van der Waals surface area contributed by atoms with Crippen LogP contribution in [-0.2, 0) is 6.54 Å². The van der Waals surface area contributed by atoms with Crippen molar-refractivity contribution in [3.8, 4) is 11.5 Å². The second-order valence-corrected chi connectivity index (χ2v) is 6.01. The van der Waals surface area contributed by atoms with Gasteiger partial charge in [-0.2, -0.15) is 0 Å². The average molecular weight is 358 g/mol. The number of hydrogen-bond acceptors (Lipinski definition) is 4. The summed E-state index contributed by atoms with van der Waals surface area (Å²) in [6.07, 6.45) is 0. The van der Waals surface area contributed by atoms with Crippen LogP contribution in [0, 0.1) is 6.92 Å². The topological polar surface area (TPSA) is 42.2 Å². The van der Waals surface area contributed by atoms with Crippen LogP contribution in [0.25, 0.3) is 11.5 Å². The maximum atomic E-state index is 5.74. The largest absolute Gasteiger partial charge is 0.419 e. The molecule has 0 saturated carbocycles. The normalized spacial score (nSPS) is 10.7. The van der Waals surface area contributed by atoms with Crippen LogP contribution >= 0.6 is 15.9 Å². The van der Waals surface area contributed by atoms with Crippen LogP contribution < -0.4 is 4.90 Å². The van der Waals surface area contributed by atoms with Gasteiger partial charge in [-0.15, -0.1) is 10.2 Å². The lowest BCUT2D eigenvalue weighted by atomic mass is 10.2. The minimum atomic E-state index is 0.552. The summed E-state index contributed by atoms with van der Waals surface area (Å²) in [5, 5.41) is 8.24. The smallest absolute Gasteiger partial charge is 0.247 e. The first kappa shape index (κ1) is 14.8. The lowest BCUT2D eigenvalue weighted by molar-refractivity contribution is 0.503. The summed E-state index contributed by atoms with van der Waals surface area (Å²) in [5.74, 6) is 1.15. The van der Waals surface area contributed by atoms with Crippen molar-refractivity contribution in [2.75, 3.05) is 11.9 Å². The van der Waals surface area contributed by atoms with Crippen molar-refractivity contribution in [2.45, 2.75) is 13.5 Å². The average Bonchev–Trinajstić information content (AvgIpc) is 2.99. The molecule has 112 valence electrons. The van der Waals surface area contributed by atoms with E-state index >= 15 is 0 Å². The first-order valence-corrected chi connectivity index (χ1v) is 7.78. The highest BCUT2D eigenvalue weighted by atomic mass is 79.9. The van der Waals surface area contributed by atoms with Gasteiger partial charge in [0.25, 0.3) is 0 Å². The van der Waals surface area contributed by atoms with Crippen LogP contribution in [0.3, 0.4) is 0 Å². The number of anilines is 1. The molecule has 1 aromatic heterocycles. The van der Waals surface area contributed by atoms with E-state index in [9.17, 15) is 0 Å². The van der Waals surface area contributed by atoms with E-state index < -0.39 is 0 Å². The molecule has 0 aliphatic heterocycles. The van der Waals surface area contributed by atoms with Gasteiger partial charge < -0.3 is 9.32 Å². The molecule has 0 saturated heterocycles. The molecule has 0 unspecified atom stereocenters. The molecule has 0 atom stereocenters. The first-order valence-electron chi connectivity index (χ1n) is 6.98. The Balaban J connectivity index is 1.76. The Kier molecular flexibility index (Phi) is 4.24. The van der Waals surface area contributed by atoms with Gasteiger partial charge in [0.1, 0.15) is 0 Å². The fourth-order valence-electron chi connectivity index (χ4n) is 2.18. The van der Waals surface area contributed by atoms with E-state index in [0.29, 0.717) is 18.3 Å². The Hall–Kier alpha value is -2.14. The van der Waals surface area contributed by atoms with Crippen molar-refractivity contribution in [3.63, 3.8) is 0 Å². The molecular weight excluding hydrogens is 342 g/mol. The summed E-state index contributed by atoms with van der Waals surface area (Å²) >= 11 is 3.52. The van der Waals surface area contributed by atoms with E-state index in [1.54, 1.807) is 0 Å². The maximum absolute atomic E-state index is 5.74. The van der Waals surface area contributed by atoms with Crippen LogP contribution in [0.4, 0.5) is 5.69 Å². The molecular formula is C17H16BrN3O. The summed E-state index contributed by atoms with van der Waals surface area (Å²) in [5.41, 5.74) is 3.24. The molecule has 0 spiro atoms. The van der Waals surface area contributed by atoms with E-state index in [2.05, 4.69) is 50.1 Å². The van der Waals surface area contributed by atoms with Crippen molar-refractivity contribution in [2.24, 2.45) is 0 Å². The molecule has 2 aromatic carbocycles. The highest BCUT2D eigenvalue weighted by Crippen LogP contribution is 2.24. The predicted molar refractivity (Wildman–Crippen MR) is 90.7 cm³/mol. The van der Waals surface area contributed by atoms with Crippen LogP contribution in [-0.4, -0.2) is 17.2 Å².